The minimum atomic E-state index is -4.40. The van der Waals surface area contributed by atoms with E-state index in [0.29, 0.717) is 18.0 Å². The maximum atomic E-state index is 12.5. The summed E-state index contributed by atoms with van der Waals surface area (Å²) < 4.78 is 48.0. The van der Waals surface area contributed by atoms with Gasteiger partial charge in [0, 0.05) is 0 Å². The first-order chi connectivity index (χ1) is 11.4. The first kappa shape index (κ1) is 17.7. The molecule has 0 radical (unpaired) electrons. The van der Waals surface area contributed by atoms with E-state index in [-0.39, 0.29) is 12.4 Å². The van der Waals surface area contributed by atoms with E-state index in [9.17, 15) is 18.0 Å². The van der Waals surface area contributed by atoms with Gasteiger partial charge in [0.2, 0.25) is 0 Å². The SMILES string of the molecule is CCOc1ccccc1NC(=O)COc1ccc(C(F)(F)F)cc1. The summed E-state index contributed by atoms with van der Waals surface area (Å²) in [5, 5.41) is 2.63. The van der Waals surface area contributed by atoms with Crippen LogP contribution in [0.15, 0.2) is 48.5 Å². The Morgan fingerprint density at radius 3 is 2.33 bits per heavy atom. The number of para-hydroxylation sites is 2. The third kappa shape index (κ3) is 4.91. The molecular formula is C17H16F3NO3. The zero-order valence-corrected chi connectivity index (χ0v) is 12.9. The van der Waals surface area contributed by atoms with Gasteiger partial charge in [-0.15, -0.1) is 0 Å². The number of amides is 1. The monoisotopic (exact) mass is 339 g/mol. The van der Waals surface area contributed by atoms with Gasteiger partial charge in [-0.3, -0.25) is 4.79 Å². The lowest BCUT2D eigenvalue weighted by molar-refractivity contribution is -0.137. The summed E-state index contributed by atoms with van der Waals surface area (Å²) in [5.41, 5.74) is -0.273. The van der Waals surface area contributed by atoms with Gasteiger partial charge in [0.1, 0.15) is 11.5 Å². The maximum Gasteiger partial charge on any atom is 0.416 e. The molecule has 0 unspecified atom stereocenters. The molecule has 7 heteroatoms. The van der Waals surface area contributed by atoms with Crippen molar-refractivity contribution in [1.29, 1.82) is 0 Å². The normalized spacial score (nSPS) is 11.0. The molecule has 128 valence electrons. The molecule has 1 amide bonds. The van der Waals surface area contributed by atoms with Crippen molar-refractivity contribution >= 4 is 11.6 Å². The van der Waals surface area contributed by atoms with Crippen molar-refractivity contribution in [3.05, 3.63) is 54.1 Å². The molecule has 2 aromatic rings. The molecule has 0 spiro atoms. The molecule has 0 aliphatic heterocycles. The highest BCUT2D eigenvalue weighted by Gasteiger charge is 2.30. The Morgan fingerprint density at radius 1 is 1.04 bits per heavy atom. The fraction of sp³-hybridized carbons (Fsp3) is 0.235. The number of alkyl halides is 3. The Bertz CT molecular complexity index is 684. The minimum absolute atomic E-state index is 0.177. The minimum Gasteiger partial charge on any atom is -0.492 e. The summed E-state index contributed by atoms with van der Waals surface area (Å²) in [6.07, 6.45) is -4.40. The molecule has 0 aliphatic rings. The van der Waals surface area contributed by atoms with Crippen LogP contribution in [-0.4, -0.2) is 19.1 Å². The van der Waals surface area contributed by atoms with E-state index in [2.05, 4.69) is 5.32 Å². The van der Waals surface area contributed by atoms with Crippen LogP contribution in [0.4, 0.5) is 18.9 Å². The van der Waals surface area contributed by atoms with Crippen LogP contribution in [0.5, 0.6) is 11.5 Å². The van der Waals surface area contributed by atoms with Crippen LogP contribution < -0.4 is 14.8 Å². The van der Waals surface area contributed by atoms with E-state index in [4.69, 9.17) is 9.47 Å². The third-order valence-corrected chi connectivity index (χ3v) is 3.01. The molecular weight excluding hydrogens is 323 g/mol. The van der Waals surface area contributed by atoms with E-state index in [1.54, 1.807) is 24.3 Å². The molecule has 0 aliphatic carbocycles. The molecule has 0 heterocycles. The fourth-order valence-electron chi connectivity index (χ4n) is 1.93. The fourth-order valence-corrected chi connectivity index (χ4v) is 1.93. The number of nitrogens with one attached hydrogen (secondary N) is 1. The van der Waals surface area contributed by atoms with Crippen molar-refractivity contribution in [2.45, 2.75) is 13.1 Å². The summed E-state index contributed by atoms with van der Waals surface area (Å²) in [7, 11) is 0. The maximum absolute atomic E-state index is 12.5. The van der Waals surface area contributed by atoms with Gasteiger partial charge in [0.25, 0.3) is 5.91 Å². The number of carbonyl (C=O) groups excluding carboxylic acids is 1. The van der Waals surface area contributed by atoms with E-state index < -0.39 is 17.6 Å². The van der Waals surface area contributed by atoms with Crippen LogP contribution in [0.25, 0.3) is 0 Å². The first-order valence-electron chi connectivity index (χ1n) is 7.22. The number of hydrogen-bond donors (Lipinski definition) is 1. The number of carbonyl (C=O) groups is 1. The zero-order chi connectivity index (χ0) is 17.6. The van der Waals surface area contributed by atoms with Crippen LogP contribution in [0.3, 0.4) is 0 Å². The summed E-state index contributed by atoms with van der Waals surface area (Å²) in [5.74, 6) is 0.265. The van der Waals surface area contributed by atoms with Crippen molar-refractivity contribution in [2.75, 3.05) is 18.5 Å². The third-order valence-electron chi connectivity index (χ3n) is 3.01. The molecule has 0 aromatic heterocycles. The Morgan fingerprint density at radius 2 is 1.71 bits per heavy atom. The molecule has 2 aromatic carbocycles. The lowest BCUT2D eigenvalue weighted by Gasteiger charge is -2.12. The van der Waals surface area contributed by atoms with E-state index in [0.717, 1.165) is 12.1 Å². The van der Waals surface area contributed by atoms with Crippen molar-refractivity contribution < 1.29 is 27.4 Å². The predicted octanol–water partition coefficient (Wildman–Crippen LogP) is 4.12. The second-order valence-corrected chi connectivity index (χ2v) is 4.79. The van der Waals surface area contributed by atoms with Gasteiger partial charge in [-0.25, -0.2) is 0 Å². The number of rotatable bonds is 6. The molecule has 0 saturated heterocycles. The Hall–Kier alpha value is -2.70. The molecule has 24 heavy (non-hydrogen) atoms. The average molecular weight is 339 g/mol. The lowest BCUT2D eigenvalue weighted by atomic mass is 10.2. The second-order valence-electron chi connectivity index (χ2n) is 4.79. The van der Waals surface area contributed by atoms with Gasteiger partial charge in [-0.1, -0.05) is 12.1 Å². The van der Waals surface area contributed by atoms with Crippen LogP contribution in [-0.2, 0) is 11.0 Å². The second kappa shape index (κ2) is 7.72. The Labute approximate surface area is 137 Å². The predicted molar refractivity (Wildman–Crippen MR) is 83.2 cm³/mol. The number of halogens is 3. The summed E-state index contributed by atoms with van der Waals surface area (Å²) in [4.78, 5) is 11.9. The molecule has 4 nitrogen and oxygen atoms in total. The van der Waals surface area contributed by atoms with Crippen LogP contribution in [0.2, 0.25) is 0 Å². The smallest absolute Gasteiger partial charge is 0.416 e. The highest BCUT2D eigenvalue weighted by Crippen LogP contribution is 2.30. The zero-order valence-electron chi connectivity index (χ0n) is 12.9. The van der Waals surface area contributed by atoms with E-state index >= 15 is 0 Å². The van der Waals surface area contributed by atoms with Gasteiger partial charge in [-0.2, -0.15) is 13.2 Å². The molecule has 0 atom stereocenters. The average Bonchev–Trinajstić information content (AvgIpc) is 2.55. The van der Waals surface area contributed by atoms with Gasteiger partial charge >= 0.3 is 6.18 Å². The number of ether oxygens (including phenoxy) is 2. The van der Waals surface area contributed by atoms with Crippen molar-refractivity contribution in [2.24, 2.45) is 0 Å². The number of anilines is 1. The molecule has 1 N–H and O–H groups in total. The quantitative estimate of drug-likeness (QED) is 0.861. The Balaban J connectivity index is 1.92. The van der Waals surface area contributed by atoms with Gasteiger partial charge in [0.15, 0.2) is 6.61 Å². The van der Waals surface area contributed by atoms with Crippen LogP contribution in [0, 0.1) is 0 Å². The topological polar surface area (TPSA) is 47.6 Å². The van der Waals surface area contributed by atoms with E-state index in [1.165, 1.54) is 12.1 Å². The standard InChI is InChI=1S/C17H16F3NO3/c1-2-23-15-6-4-3-5-14(15)21-16(22)11-24-13-9-7-12(8-10-13)17(18,19)20/h3-10H,2,11H2,1H3,(H,21,22). The van der Waals surface area contributed by atoms with Crippen molar-refractivity contribution in [1.82, 2.24) is 0 Å². The van der Waals surface area contributed by atoms with Crippen molar-refractivity contribution in [3.8, 4) is 11.5 Å². The molecule has 0 fully saturated rings. The molecule has 2 rings (SSSR count). The van der Waals surface area contributed by atoms with Crippen molar-refractivity contribution in [3.63, 3.8) is 0 Å². The van der Waals surface area contributed by atoms with Gasteiger partial charge in [0.05, 0.1) is 17.9 Å². The summed E-state index contributed by atoms with van der Waals surface area (Å²) >= 11 is 0. The lowest BCUT2D eigenvalue weighted by Crippen LogP contribution is -2.20. The molecule has 0 bridgehead atoms. The number of benzene rings is 2. The highest BCUT2D eigenvalue weighted by atomic mass is 19.4. The van der Waals surface area contributed by atoms with Crippen LogP contribution >= 0.6 is 0 Å². The summed E-state index contributed by atoms with van der Waals surface area (Å²) in [6.45, 7) is 1.95. The summed E-state index contributed by atoms with van der Waals surface area (Å²) in [6, 6.07) is 11.1. The van der Waals surface area contributed by atoms with Crippen LogP contribution in [0.1, 0.15) is 12.5 Å². The molecule has 0 saturated carbocycles. The Kier molecular flexibility index (Phi) is 5.68. The van der Waals surface area contributed by atoms with Gasteiger partial charge < -0.3 is 14.8 Å². The number of hydrogen-bond acceptors (Lipinski definition) is 3. The van der Waals surface area contributed by atoms with Gasteiger partial charge in [-0.05, 0) is 43.3 Å². The highest BCUT2D eigenvalue weighted by molar-refractivity contribution is 5.93. The first-order valence-corrected chi connectivity index (χ1v) is 7.22. The van der Waals surface area contributed by atoms with E-state index in [1.807, 2.05) is 6.92 Å². The largest absolute Gasteiger partial charge is 0.492 e.